The zero-order valence-electron chi connectivity index (χ0n) is 23.9. The van der Waals surface area contributed by atoms with Crippen LogP contribution >= 0.6 is 0 Å². The van der Waals surface area contributed by atoms with Crippen LogP contribution in [0.2, 0.25) is 0 Å². The highest BCUT2D eigenvalue weighted by molar-refractivity contribution is 6.08. The quantitative estimate of drug-likeness (QED) is 0.204. The molecule has 0 amide bonds. The molecule has 4 heterocycles. The lowest BCUT2D eigenvalue weighted by Gasteiger charge is -2.11. The number of nitrogens with zero attached hydrogens (tertiary/aromatic N) is 5. The molecule has 4 aromatic heterocycles. The molecule has 0 saturated heterocycles. The van der Waals surface area contributed by atoms with Crippen LogP contribution in [0.1, 0.15) is 11.4 Å². The molecule has 0 aliphatic heterocycles. The maximum atomic E-state index is 5.04. The molecule has 0 spiro atoms. The maximum Gasteiger partial charge on any atom is 0.182 e. The van der Waals surface area contributed by atoms with E-state index in [1.807, 2.05) is 36.6 Å². The summed E-state index contributed by atoms with van der Waals surface area (Å²) in [6, 6.07) is 42.1. The van der Waals surface area contributed by atoms with Gasteiger partial charge in [-0.05, 0) is 54.3 Å². The van der Waals surface area contributed by atoms with Crippen LogP contribution < -0.4 is 0 Å². The Kier molecular flexibility index (Phi) is 5.83. The molecule has 204 valence electrons. The number of fused-ring (bicyclic) bond motifs is 4. The van der Waals surface area contributed by atoms with Gasteiger partial charge in [-0.3, -0.25) is 9.97 Å². The summed E-state index contributed by atoms with van der Waals surface area (Å²) >= 11 is 0. The smallest absolute Gasteiger partial charge is 0.182 e. The van der Waals surface area contributed by atoms with Gasteiger partial charge in [0, 0.05) is 45.0 Å². The van der Waals surface area contributed by atoms with Crippen molar-refractivity contribution in [2.24, 2.45) is 0 Å². The molecule has 8 aromatic rings. The van der Waals surface area contributed by atoms with Crippen LogP contribution in [-0.2, 0) is 0 Å². The van der Waals surface area contributed by atoms with Crippen molar-refractivity contribution in [2.75, 3.05) is 0 Å². The summed E-state index contributed by atoms with van der Waals surface area (Å²) in [4.78, 5) is 14.8. The van der Waals surface area contributed by atoms with E-state index in [4.69, 9.17) is 20.1 Å². The molecule has 4 aromatic carbocycles. The first-order valence-corrected chi connectivity index (χ1v) is 14.4. The summed E-state index contributed by atoms with van der Waals surface area (Å²) in [5.41, 5.74) is 12.3. The van der Waals surface area contributed by atoms with Gasteiger partial charge in [0.05, 0.1) is 11.0 Å². The molecule has 0 fully saturated rings. The first kappa shape index (κ1) is 25.1. The molecule has 0 unspecified atom stereocenters. The minimum atomic E-state index is 0.690. The van der Waals surface area contributed by atoms with Crippen molar-refractivity contribution < 1.29 is 0 Å². The van der Waals surface area contributed by atoms with E-state index in [0.717, 1.165) is 77.8 Å². The Labute approximate surface area is 249 Å². The molecule has 5 heteroatoms. The van der Waals surface area contributed by atoms with Crippen LogP contribution in [0.25, 0.3) is 72.2 Å². The summed E-state index contributed by atoms with van der Waals surface area (Å²) in [5.74, 6) is 0.690. The fourth-order valence-corrected chi connectivity index (χ4v) is 5.86. The van der Waals surface area contributed by atoms with Crippen molar-refractivity contribution in [2.45, 2.75) is 13.8 Å². The first-order chi connectivity index (χ1) is 21.1. The highest BCUT2D eigenvalue weighted by Crippen LogP contribution is 2.34. The molecular formula is C38H27N5. The Balaban J connectivity index is 1.24. The summed E-state index contributed by atoms with van der Waals surface area (Å²) < 4.78 is 1.91. The molecule has 0 aliphatic carbocycles. The van der Waals surface area contributed by atoms with E-state index in [2.05, 4.69) is 109 Å². The van der Waals surface area contributed by atoms with E-state index in [9.17, 15) is 0 Å². The minimum Gasteiger partial charge on any atom is -0.251 e. The zero-order chi connectivity index (χ0) is 28.9. The lowest BCUT2D eigenvalue weighted by molar-refractivity contribution is 0.968. The van der Waals surface area contributed by atoms with Gasteiger partial charge in [-0.15, -0.1) is 5.10 Å². The second kappa shape index (κ2) is 10.00. The minimum absolute atomic E-state index is 0.690. The van der Waals surface area contributed by atoms with Gasteiger partial charge in [0.15, 0.2) is 11.5 Å². The van der Waals surface area contributed by atoms with Crippen molar-refractivity contribution >= 4 is 27.5 Å². The molecule has 5 nitrogen and oxygen atoms in total. The van der Waals surface area contributed by atoms with Crippen LogP contribution in [0, 0.1) is 13.8 Å². The molecule has 0 bridgehead atoms. The number of hydrogen-bond acceptors (Lipinski definition) is 4. The van der Waals surface area contributed by atoms with Gasteiger partial charge in [-0.1, -0.05) is 103 Å². The van der Waals surface area contributed by atoms with Gasteiger partial charge in [0.25, 0.3) is 0 Å². The van der Waals surface area contributed by atoms with E-state index in [1.165, 1.54) is 0 Å². The van der Waals surface area contributed by atoms with Crippen LogP contribution in [-0.4, -0.2) is 24.6 Å². The van der Waals surface area contributed by atoms with Crippen LogP contribution in [0.15, 0.2) is 128 Å². The van der Waals surface area contributed by atoms with Gasteiger partial charge >= 0.3 is 0 Å². The molecule has 0 atom stereocenters. The van der Waals surface area contributed by atoms with Gasteiger partial charge in [0.2, 0.25) is 0 Å². The SMILES string of the molecule is Cc1ccc2ccc3c(-c4ccc(-c5nc6c(-c7ccccc7)cc(-c7ccccc7)cn6n5)cc4)cc(C)nc3c2n1. The van der Waals surface area contributed by atoms with Crippen molar-refractivity contribution in [3.8, 4) is 44.8 Å². The van der Waals surface area contributed by atoms with Crippen LogP contribution in [0.4, 0.5) is 0 Å². The fraction of sp³-hybridized carbons (Fsp3) is 0.0526. The van der Waals surface area contributed by atoms with E-state index < -0.39 is 0 Å². The average molecular weight is 554 g/mol. The van der Waals surface area contributed by atoms with Crippen molar-refractivity contribution in [1.82, 2.24) is 24.6 Å². The van der Waals surface area contributed by atoms with Gasteiger partial charge in [-0.2, -0.15) is 0 Å². The summed E-state index contributed by atoms with van der Waals surface area (Å²) in [5, 5.41) is 7.14. The van der Waals surface area contributed by atoms with E-state index >= 15 is 0 Å². The largest absolute Gasteiger partial charge is 0.251 e. The highest BCUT2D eigenvalue weighted by Gasteiger charge is 2.15. The van der Waals surface area contributed by atoms with Gasteiger partial charge in [-0.25, -0.2) is 9.50 Å². The molecule has 0 radical (unpaired) electrons. The third-order valence-corrected chi connectivity index (χ3v) is 7.99. The first-order valence-electron chi connectivity index (χ1n) is 14.4. The van der Waals surface area contributed by atoms with Gasteiger partial charge in [0.1, 0.15) is 0 Å². The lowest BCUT2D eigenvalue weighted by Crippen LogP contribution is -1.93. The Bertz CT molecular complexity index is 2290. The van der Waals surface area contributed by atoms with E-state index in [0.29, 0.717) is 5.82 Å². The molecule has 8 rings (SSSR count). The van der Waals surface area contributed by atoms with Crippen molar-refractivity contribution in [3.63, 3.8) is 0 Å². The maximum absolute atomic E-state index is 5.04. The second-order valence-corrected chi connectivity index (χ2v) is 11.0. The standard InChI is InChI=1S/C38H27N5/c1-24-13-14-29-19-20-32-33(21-25(2)40-36(32)35(29)39-24)28-15-17-30(18-16-28)37-41-38-34(27-11-7-4-8-12-27)22-31(23-43(38)42-37)26-9-5-3-6-10-26/h3-23H,1-2H3. The normalized spacial score (nSPS) is 11.5. The predicted octanol–water partition coefficient (Wildman–Crippen LogP) is 9.11. The molecule has 0 aliphatic rings. The van der Waals surface area contributed by atoms with E-state index in [1.54, 1.807) is 0 Å². The van der Waals surface area contributed by atoms with Gasteiger partial charge < -0.3 is 0 Å². The monoisotopic (exact) mass is 553 g/mol. The second-order valence-electron chi connectivity index (χ2n) is 11.0. The molecular weight excluding hydrogens is 526 g/mol. The molecule has 0 N–H and O–H groups in total. The Morgan fingerprint density at radius 2 is 1.14 bits per heavy atom. The van der Waals surface area contributed by atoms with Crippen LogP contribution in [0.3, 0.4) is 0 Å². The fourth-order valence-electron chi connectivity index (χ4n) is 5.86. The number of aromatic nitrogens is 5. The number of aryl methyl sites for hydroxylation is 2. The highest BCUT2D eigenvalue weighted by atomic mass is 15.3. The summed E-state index contributed by atoms with van der Waals surface area (Å²) in [6.45, 7) is 4.06. The van der Waals surface area contributed by atoms with Crippen molar-refractivity contribution in [1.29, 1.82) is 0 Å². The zero-order valence-corrected chi connectivity index (χ0v) is 23.9. The average Bonchev–Trinajstić information content (AvgIpc) is 3.49. The molecule has 0 saturated carbocycles. The van der Waals surface area contributed by atoms with E-state index in [-0.39, 0.29) is 0 Å². The summed E-state index contributed by atoms with van der Waals surface area (Å²) in [6.07, 6.45) is 2.06. The third kappa shape index (κ3) is 4.43. The lowest BCUT2D eigenvalue weighted by atomic mass is 9.97. The summed E-state index contributed by atoms with van der Waals surface area (Å²) in [7, 11) is 0. The Morgan fingerprint density at radius 1 is 0.488 bits per heavy atom. The Morgan fingerprint density at radius 3 is 1.91 bits per heavy atom. The number of rotatable bonds is 4. The third-order valence-electron chi connectivity index (χ3n) is 7.99. The predicted molar refractivity (Wildman–Crippen MR) is 175 cm³/mol. The topological polar surface area (TPSA) is 56.0 Å². The van der Waals surface area contributed by atoms with Crippen molar-refractivity contribution in [3.05, 3.63) is 139 Å². The number of benzene rings is 4. The molecule has 43 heavy (non-hydrogen) atoms. The number of pyridine rings is 3. The Hall–Kier alpha value is -5.68. The number of hydrogen-bond donors (Lipinski definition) is 0. The van der Waals surface area contributed by atoms with Crippen LogP contribution in [0.5, 0.6) is 0 Å².